The summed E-state index contributed by atoms with van der Waals surface area (Å²) in [5, 5.41) is 15.1. The molecule has 23 heavy (non-hydrogen) atoms. The molecule has 1 aliphatic carbocycles. The largest absolute Gasteiger partial charge is 0.416 e. The molecule has 0 amide bonds. The average molecular weight is 344 g/mol. The predicted octanol–water partition coefficient (Wildman–Crippen LogP) is 4.75. The first kappa shape index (κ1) is 14.7. The van der Waals surface area contributed by atoms with Gasteiger partial charge in [-0.2, -0.15) is 0 Å². The first-order chi connectivity index (χ1) is 11.3. The van der Waals surface area contributed by atoms with E-state index in [0.29, 0.717) is 11.1 Å². The van der Waals surface area contributed by atoms with E-state index >= 15 is 0 Å². The third-order valence-electron chi connectivity index (χ3n) is 3.55. The number of aromatic nitrogens is 3. The van der Waals surface area contributed by atoms with Crippen molar-refractivity contribution in [2.45, 2.75) is 36.7 Å². The highest BCUT2D eigenvalue weighted by molar-refractivity contribution is 7.98. The topological polar surface area (TPSA) is 63.8 Å². The quantitative estimate of drug-likeness (QED) is 0.651. The first-order valence-corrected chi connectivity index (χ1v) is 9.37. The Bertz CT molecular complexity index is 793. The monoisotopic (exact) mass is 344 g/mol. The molecule has 2 heterocycles. The molecule has 0 aliphatic heterocycles. The van der Waals surface area contributed by atoms with Crippen LogP contribution >= 0.6 is 23.1 Å². The molecule has 4 rings (SSSR count). The number of thioether (sulfide) groups is 1. The lowest BCUT2D eigenvalue weighted by atomic mass is 10.2. The van der Waals surface area contributed by atoms with Gasteiger partial charge in [0.2, 0.25) is 5.89 Å². The second-order valence-corrected chi connectivity index (χ2v) is 7.39. The third-order valence-corrected chi connectivity index (χ3v) is 5.21. The highest BCUT2D eigenvalue weighted by Crippen LogP contribution is 2.40. The summed E-state index contributed by atoms with van der Waals surface area (Å²) < 4.78 is 5.64. The van der Waals surface area contributed by atoms with E-state index in [0.717, 1.165) is 28.2 Å². The summed E-state index contributed by atoms with van der Waals surface area (Å²) in [4.78, 5) is 4.59. The van der Waals surface area contributed by atoms with Crippen LogP contribution in [0.1, 0.15) is 35.9 Å². The van der Waals surface area contributed by atoms with Gasteiger partial charge in [-0.25, -0.2) is 4.98 Å². The van der Waals surface area contributed by atoms with Gasteiger partial charge in [0, 0.05) is 22.7 Å². The Kier molecular flexibility index (Phi) is 4.05. The fourth-order valence-electron chi connectivity index (χ4n) is 2.10. The molecule has 118 valence electrons. The molecule has 5 nitrogen and oxygen atoms in total. The molecular formula is C16H16N4OS2. The predicted molar refractivity (Wildman–Crippen MR) is 92.4 cm³/mol. The second kappa shape index (κ2) is 6.33. The fourth-order valence-corrected chi connectivity index (χ4v) is 3.60. The summed E-state index contributed by atoms with van der Waals surface area (Å²) in [5.74, 6) is 2.02. The highest BCUT2D eigenvalue weighted by Gasteiger charge is 2.29. The molecule has 0 spiro atoms. The molecule has 3 aromatic rings. The molecule has 0 saturated heterocycles. The molecule has 1 N–H and O–H groups in total. The Morgan fingerprint density at radius 2 is 2.09 bits per heavy atom. The number of nitrogens with one attached hydrogen (secondary N) is 1. The SMILES string of the molecule is Cc1ccc(Nc2nc(CSc3nnc(C4CC4)o3)cs2)cc1. The summed E-state index contributed by atoms with van der Waals surface area (Å²) in [6.45, 7) is 2.08. The molecule has 1 aliphatic rings. The molecular weight excluding hydrogens is 328 g/mol. The minimum absolute atomic E-state index is 0.501. The van der Waals surface area contributed by atoms with Crippen molar-refractivity contribution in [3.05, 3.63) is 46.8 Å². The van der Waals surface area contributed by atoms with Gasteiger partial charge in [0.25, 0.3) is 5.22 Å². The van der Waals surface area contributed by atoms with Crippen molar-refractivity contribution in [2.24, 2.45) is 0 Å². The van der Waals surface area contributed by atoms with Crippen molar-refractivity contribution < 1.29 is 4.42 Å². The lowest BCUT2D eigenvalue weighted by Crippen LogP contribution is -1.90. The van der Waals surface area contributed by atoms with Gasteiger partial charge in [0.05, 0.1) is 5.69 Å². The number of aryl methyl sites for hydroxylation is 1. The molecule has 1 fully saturated rings. The Morgan fingerprint density at radius 3 is 2.87 bits per heavy atom. The van der Waals surface area contributed by atoms with E-state index in [4.69, 9.17) is 4.42 Å². The van der Waals surface area contributed by atoms with Gasteiger partial charge in [-0.05, 0) is 31.9 Å². The lowest BCUT2D eigenvalue weighted by molar-refractivity contribution is 0.414. The van der Waals surface area contributed by atoms with Crippen molar-refractivity contribution in [3.8, 4) is 0 Å². The van der Waals surface area contributed by atoms with Crippen LogP contribution in [0.5, 0.6) is 0 Å². The maximum atomic E-state index is 5.64. The standard InChI is InChI=1S/C16H16N4OS2/c1-10-2-6-12(7-3-10)17-15-18-13(8-22-15)9-23-16-20-19-14(21-16)11-4-5-11/h2-3,6-8,11H,4-5,9H2,1H3,(H,17,18). The van der Waals surface area contributed by atoms with E-state index in [9.17, 15) is 0 Å². The summed E-state index contributed by atoms with van der Waals surface area (Å²) in [5.41, 5.74) is 3.31. The zero-order chi connectivity index (χ0) is 15.6. The molecule has 0 unspecified atom stereocenters. The van der Waals surface area contributed by atoms with Crippen molar-refractivity contribution in [1.82, 2.24) is 15.2 Å². The fraction of sp³-hybridized carbons (Fsp3) is 0.312. The molecule has 2 aromatic heterocycles. The Labute approximate surface area is 142 Å². The Balaban J connectivity index is 1.34. The van der Waals surface area contributed by atoms with Crippen molar-refractivity contribution in [1.29, 1.82) is 0 Å². The Hall–Kier alpha value is -1.86. The normalized spacial score (nSPS) is 14.1. The van der Waals surface area contributed by atoms with Gasteiger partial charge < -0.3 is 9.73 Å². The summed E-state index contributed by atoms with van der Waals surface area (Å²) in [6, 6.07) is 8.28. The van der Waals surface area contributed by atoms with Gasteiger partial charge >= 0.3 is 0 Å². The van der Waals surface area contributed by atoms with Gasteiger partial charge in [-0.1, -0.05) is 29.5 Å². The Morgan fingerprint density at radius 1 is 1.26 bits per heavy atom. The van der Waals surface area contributed by atoms with Crippen LogP contribution in [0.4, 0.5) is 10.8 Å². The third kappa shape index (κ3) is 3.73. The average Bonchev–Trinajstić information content (AvgIpc) is 3.13. The van der Waals surface area contributed by atoms with Crippen LogP contribution < -0.4 is 5.32 Å². The minimum Gasteiger partial charge on any atom is -0.416 e. The molecule has 1 saturated carbocycles. The zero-order valence-corrected chi connectivity index (χ0v) is 14.3. The summed E-state index contributed by atoms with van der Waals surface area (Å²) in [7, 11) is 0. The van der Waals surface area contributed by atoms with E-state index in [1.165, 1.54) is 30.2 Å². The van der Waals surface area contributed by atoms with Gasteiger partial charge in [0.1, 0.15) is 0 Å². The van der Waals surface area contributed by atoms with Crippen LogP contribution in [-0.4, -0.2) is 15.2 Å². The van der Waals surface area contributed by atoms with Crippen LogP contribution in [0.2, 0.25) is 0 Å². The van der Waals surface area contributed by atoms with Gasteiger partial charge in [-0.15, -0.1) is 21.5 Å². The van der Waals surface area contributed by atoms with Crippen LogP contribution in [-0.2, 0) is 5.75 Å². The number of anilines is 2. The number of benzene rings is 1. The number of hydrogen-bond donors (Lipinski definition) is 1. The van der Waals surface area contributed by atoms with Crippen LogP contribution in [0.15, 0.2) is 39.3 Å². The lowest BCUT2D eigenvalue weighted by Gasteiger charge is -2.02. The number of hydrogen-bond acceptors (Lipinski definition) is 7. The molecule has 7 heteroatoms. The van der Waals surface area contributed by atoms with Crippen molar-refractivity contribution >= 4 is 33.9 Å². The second-order valence-electron chi connectivity index (χ2n) is 5.60. The maximum absolute atomic E-state index is 5.64. The molecule has 0 bridgehead atoms. The van der Waals surface area contributed by atoms with Gasteiger partial charge in [0.15, 0.2) is 5.13 Å². The van der Waals surface area contributed by atoms with E-state index in [1.54, 1.807) is 11.3 Å². The van der Waals surface area contributed by atoms with Gasteiger partial charge in [-0.3, -0.25) is 0 Å². The number of thiazole rings is 1. The first-order valence-electron chi connectivity index (χ1n) is 7.50. The van der Waals surface area contributed by atoms with Crippen molar-refractivity contribution in [3.63, 3.8) is 0 Å². The van der Waals surface area contributed by atoms with Crippen LogP contribution in [0.25, 0.3) is 0 Å². The number of rotatable bonds is 6. The number of nitrogens with zero attached hydrogens (tertiary/aromatic N) is 3. The van der Waals surface area contributed by atoms with Crippen molar-refractivity contribution in [2.75, 3.05) is 5.32 Å². The minimum atomic E-state index is 0.501. The molecule has 0 radical (unpaired) electrons. The van der Waals surface area contributed by atoms with E-state index in [-0.39, 0.29) is 0 Å². The van der Waals surface area contributed by atoms with E-state index in [2.05, 4.69) is 57.1 Å². The smallest absolute Gasteiger partial charge is 0.276 e. The summed E-state index contributed by atoms with van der Waals surface area (Å²) >= 11 is 3.14. The molecule has 0 atom stereocenters. The highest BCUT2D eigenvalue weighted by atomic mass is 32.2. The maximum Gasteiger partial charge on any atom is 0.276 e. The van der Waals surface area contributed by atoms with E-state index in [1.807, 2.05) is 0 Å². The summed E-state index contributed by atoms with van der Waals surface area (Å²) in [6.07, 6.45) is 2.35. The van der Waals surface area contributed by atoms with Crippen LogP contribution in [0.3, 0.4) is 0 Å². The molecule has 1 aromatic carbocycles. The zero-order valence-electron chi connectivity index (χ0n) is 12.7. The van der Waals surface area contributed by atoms with Crippen LogP contribution in [0, 0.1) is 6.92 Å². The van der Waals surface area contributed by atoms with E-state index < -0.39 is 0 Å².